The van der Waals surface area contributed by atoms with Gasteiger partial charge in [-0.05, 0) is 18.6 Å². The first-order valence-corrected chi connectivity index (χ1v) is 4.50. The van der Waals surface area contributed by atoms with Gasteiger partial charge in [-0.15, -0.1) is 0 Å². The summed E-state index contributed by atoms with van der Waals surface area (Å²) in [7, 11) is 0. The predicted molar refractivity (Wildman–Crippen MR) is 40.5 cm³/mol. The fourth-order valence-electron chi connectivity index (χ4n) is 0.788. The minimum absolute atomic E-state index is 0.0182. The van der Waals surface area contributed by atoms with E-state index in [2.05, 4.69) is 0 Å². The molecular formula is C6H13NOS. The molecule has 0 spiro atoms. The summed E-state index contributed by atoms with van der Waals surface area (Å²) in [6.45, 7) is 0.849. The number of nitrogens with two attached hydrogens (primary N) is 1. The van der Waals surface area contributed by atoms with Crippen molar-refractivity contribution < 1.29 is 4.74 Å². The molecule has 0 aromatic carbocycles. The number of hydrogen-bond acceptors (Lipinski definition) is 3. The molecule has 1 heterocycles. The van der Waals surface area contributed by atoms with Crippen molar-refractivity contribution in [3.8, 4) is 0 Å². The third kappa shape index (κ3) is 3.08. The average molecular weight is 147 g/mol. The lowest BCUT2D eigenvalue weighted by Crippen LogP contribution is -2.28. The van der Waals surface area contributed by atoms with Gasteiger partial charge in [0.15, 0.2) is 0 Å². The second-order valence-corrected chi connectivity index (χ2v) is 3.34. The van der Waals surface area contributed by atoms with Gasteiger partial charge in [0, 0.05) is 12.4 Å². The van der Waals surface area contributed by atoms with Crippen molar-refractivity contribution in [1.29, 1.82) is 0 Å². The normalized spacial score (nSPS) is 31.0. The number of hydrogen-bond donors (Lipinski definition) is 1. The minimum Gasteiger partial charge on any atom is -0.363 e. The van der Waals surface area contributed by atoms with Crippen LogP contribution in [0.25, 0.3) is 0 Å². The van der Waals surface area contributed by atoms with Crippen LogP contribution in [0.3, 0.4) is 0 Å². The Morgan fingerprint density at radius 1 is 1.44 bits per heavy atom. The summed E-state index contributed by atoms with van der Waals surface area (Å²) >= 11 is 1.89. The zero-order chi connectivity index (χ0) is 6.53. The summed E-state index contributed by atoms with van der Waals surface area (Å²) in [5.41, 5.74) is 5.56. The van der Waals surface area contributed by atoms with Crippen molar-refractivity contribution in [2.45, 2.75) is 19.1 Å². The van der Waals surface area contributed by atoms with Gasteiger partial charge >= 0.3 is 0 Å². The molecule has 0 aromatic rings. The van der Waals surface area contributed by atoms with E-state index in [4.69, 9.17) is 10.5 Å². The molecule has 54 valence electrons. The van der Waals surface area contributed by atoms with E-state index >= 15 is 0 Å². The topological polar surface area (TPSA) is 35.2 Å². The lowest BCUT2D eigenvalue weighted by atomic mass is 10.3. The van der Waals surface area contributed by atoms with Crippen LogP contribution in [0.15, 0.2) is 0 Å². The second kappa shape index (κ2) is 4.14. The molecule has 0 radical (unpaired) electrons. The molecule has 1 aliphatic heterocycles. The average Bonchev–Trinajstić information content (AvgIpc) is 1.79. The molecule has 1 unspecified atom stereocenters. The van der Waals surface area contributed by atoms with Gasteiger partial charge in [-0.3, -0.25) is 0 Å². The first-order valence-electron chi connectivity index (χ1n) is 3.34. The first-order chi connectivity index (χ1) is 4.39. The summed E-state index contributed by atoms with van der Waals surface area (Å²) in [6, 6.07) is 0. The highest BCUT2D eigenvalue weighted by atomic mass is 32.2. The minimum atomic E-state index is -0.0182. The van der Waals surface area contributed by atoms with Crippen LogP contribution in [0.4, 0.5) is 0 Å². The summed E-state index contributed by atoms with van der Waals surface area (Å²) in [5, 5.41) is 0. The largest absolute Gasteiger partial charge is 0.363 e. The number of thioether (sulfide) groups is 1. The van der Waals surface area contributed by atoms with E-state index in [1.165, 1.54) is 18.6 Å². The highest BCUT2D eigenvalue weighted by molar-refractivity contribution is 7.99. The van der Waals surface area contributed by atoms with E-state index in [9.17, 15) is 0 Å². The van der Waals surface area contributed by atoms with E-state index < -0.39 is 0 Å². The Hall–Kier alpha value is 0.270. The molecule has 0 saturated carbocycles. The number of rotatable bonds is 0. The molecule has 2 N–H and O–H groups in total. The fraction of sp³-hybridized carbons (Fsp3) is 1.00. The standard InChI is InChI=1S/C6H13NOS/c7-6-5-9-4-2-1-3-8-6/h6H,1-5,7H2. The SMILES string of the molecule is NC1CSCCCCO1. The molecule has 9 heavy (non-hydrogen) atoms. The van der Waals surface area contributed by atoms with Crippen LogP contribution in [-0.2, 0) is 4.74 Å². The van der Waals surface area contributed by atoms with E-state index in [-0.39, 0.29) is 6.23 Å². The van der Waals surface area contributed by atoms with Gasteiger partial charge in [-0.25, -0.2) is 0 Å². The van der Waals surface area contributed by atoms with Gasteiger partial charge in [0.05, 0.1) is 0 Å². The quantitative estimate of drug-likeness (QED) is 0.551. The van der Waals surface area contributed by atoms with Gasteiger partial charge in [0.1, 0.15) is 6.23 Å². The Labute approximate surface area is 60.1 Å². The molecule has 1 atom stereocenters. The summed E-state index contributed by atoms with van der Waals surface area (Å²) in [6.07, 6.45) is 2.42. The lowest BCUT2D eigenvalue weighted by Gasteiger charge is -2.15. The maximum atomic E-state index is 5.56. The lowest BCUT2D eigenvalue weighted by molar-refractivity contribution is 0.0703. The maximum Gasteiger partial charge on any atom is 0.114 e. The second-order valence-electron chi connectivity index (χ2n) is 2.19. The van der Waals surface area contributed by atoms with E-state index in [0.717, 1.165) is 12.4 Å². The molecule has 2 nitrogen and oxygen atoms in total. The third-order valence-electron chi connectivity index (χ3n) is 1.30. The fourth-order valence-corrected chi connectivity index (χ4v) is 1.69. The van der Waals surface area contributed by atoms with Crippen molar-refractivity contribution in [2.75, 3.05) is 18.1 Å². The van der Waals surface area contributed by atoms with Crippen LogP contribution in [0.5, 0.6) is 0 Å². The molecule has 1 saturated heterocycles. The highest BCUT2D eigenvalue weighted by Crippen LogP contribution is 2.09. The van der Waals surface area contributed by atoms with Gasteiger partial charge in [0.25, 0.3) is 0 Å². The highest BCUT2D eigenvalue weighted by Gasteiger charge is 2.04. The Balaban J connectivity index is 2.12. The van der Waals surface area contributed by atoms with Crippen LogP contribution in [0.1, 0.15) is 12.8 Å². The molecule has 1 fully saturated rings. The maximum absolute atomic E-state index is 5.56. The van der Waals surface area contributed by atoms with Crippen LogP contribution < -0.4 is 5.73 Å². The van der Waals surface area contributed by atoms with Crippen molar-refractivity contribution in [2.24, 2.45) is 5.73 Å². The smallest absolute Gasteiger partial charge is 0.114 e. The van der Waals surface area contributed by atoms with Gasteiger partial charge in [0.2, 0.25) is 0 Å². The van der Waals surface area contributed by atoms with E-state index in [0.29, 0.717) is 0 Å². The van der Waals surface area contributed by atoms with Crippen LogP contribution >= 0.6 is 11.8 Å². The monoisotopic (exact) mass is 147 g/mol. The first kappa shape index (κ1) is 7.38. The van der Waals surface area contributed by atoms with Crippen LogP contribution in [0, 0.1) is 0 Å². The van der Waals surface area contributed by atoms with Crippen LogP contribution in [-0.4, -0.2) is 24.3 Å². The summed E-state index contributed by atoms with van der Waals surface area (Å²) in [5.74, 6) is 2.21. The van der Waals surface area contributed by atoms with Gasteiger partial charge < -0.3 is 10.5 Å². The zero-order valence-electron chi connectivity index (χ0n) is 5.51. The van der Waals surface area contributed by atoms with E-state index in [1.54, 1.807) is 0 Å². The van der Waals surface area contributed by atoms with Crippen molar-refractivity contribution in [3.63, 3.8) is 0 Å². The van der Waals surface area contributed by atoms with E-state index in [1.807, 2.05) is 11.8 Å². The van der Waals surface area contributed by atoms with Crippen LogP contribution in [0.2, 0.25) is 0 Å². The Bertz CT molecular complexity index is 71.5. The Kier molecular flexibility index (Phi) is 3.40. The van der Waals surface area contributed by atoms with Gasteiger partial charge in [-0.1, -0.05) is 0 Å². The molecule has 0 aromatic heterocycles. The predicted octanol–water partition coefficient (Wildman–Crippen LogP) is 0.815. The number of ether oxygens (including phenoxy) is 1. The Morgan fingerprint density at radius 3 is 3.22 bits per heavy atom. The van der Waals surface area contributed by atoms with Crippen molar-refractivity contribution >= 4 is 11.8 Å². The summed E-state index contributed by atoms with van der Waals surface area (Å²) < 4.78 is 5.24. The molecule has 0 amide bonds. The van der Waals surface area contributed by atoms with Crippen molar-refractivity contribution in [1.82, 2.24) is 0 Å². The summed E-state index contributed by atoms with van der Waals surface area (Å²) in [4.78, 5) is 0. The molecule has 0 aliphatic carbocycles. The van der Waals surface area contributed by atoms with Crippen molar-refractivity contribution in [3.05, 3.63) is 0 Å². The third-order valence-corrected chi connectivity index (χ3v) is 2.44. The zero-order valence-corrected chi connectivity index (χ0v) is 6.32. The molecule has 0 bridgehead atoms. The Morgan fingerprint density at radius 2 is 2.33 bits per heavy atom. The molecule has 1 aliphatic rings. The molecular weight excluding hydrogens is 134 g/mol. The molecule has 1 rings (SSSR count). The van der Waals surface area contributed by atoms with Gasteiger partial charge in [-0.2, -0.15) is 11.8 Å². The molecule has 3 heteroatoms.